The van der Waals surface area contributed by atoms with Crippen molar-refractivity contribution in [2.45, 2.75) is 6.92 Å². The first kappa shape index (κ1) is 12.4. The fourth-order valence-corrected chi connectivity index (χ4v) is 1.74. The molecule has 2 aromatic rings. The summed E-state index contributed by atoms with van der Waals surface area (Å²) >= 11 is 3.16. The predicted molar refractivity (Wildman–Crippen MR) is 70.8 cm³/mol. The first-order valence-corrected chi connectivity index (χ1v) is 5.85. The molecule has 0 saturated carbocycles. The maximum atomic E-state index is 10.9. The first-order valence-electron chi connectivity index (χ1n) is 5.06. The smallest absolute Gasteiger partial charge is 0.312 e. The molecular formula is C11H9BrN4O2. The molecule has 0 spiro atoms. The number of aromatic nitrogens is 2. The Labute approximate surface area is 111 Å². The number of nitrogens with zero attached hydrogens (tertiary/aromatic N) is 3. The van der Waals surface area contributed by atoms with E-state index in [4.69, 9.17) is 0 Å². The Kier molecular flexibility index (Phi) is 3.52. The van der Waals surface area contributed by atoms with E-state index in [-0.39, 0.29) is 11.5 Å². The molecular weight excluding hydrogens is 300 g/mol. The van der Waals surface area contributed by atoms with Crippen LogP contribution in [0.2, 0.25) is 0 Å². The molecule has 0 radical (unpaired) electrons. The van der Waals surface area contributed by atoms with Crippen LogP contribution >= 0.6 is 15.9 Å². The molecule has 0 aromatic carbocycles. The van der Waals surface area contributed by atoms with Crippen LogP contribution in [0.3, 0.4) is 0 Å². The van der Waals surface area contributed by atoms with E-state index in [2.05, 4.69) is 31.2 Å². The zero-order valence-electron chi connectivity index (χ0n) is 9.42. The Morgan fingerprint density at radius 3 is 2.83 bits per heavy atom. The van der Waals surface area contributed by atoms with Crippen molar-refractivity contribution in [3.05, 3.63) is 50.9 Å². The van der Waals surface area contributed by atoms with Crippen LogP contribution in [-0.4, -0.2) is 14.9 Å². The van der Waals surface area contributed by atoms with Crippen molar-refractivity contribution in [3.63, 3.8) is 0 Å². The summed E-state index contributed by atoms with van der Waals surface area (Å²) < 4.78 is 0.561. The van der Waals surface area contributed by atoms with E-state index in [1.165, 1.54) is 12.3 Å². The molecule has 2 heterocycles. The second kappa shape index (κ2) is 5.09. The first-order chi connectivity index (χ1) is 8.56. The number of hydrogen-bond donors (Lipinski definition) is 1. The van der Waals surface area contributed by atoms with E-state index >= 15 is 0 Å². The van der Waals surface area contributed by atoms with Crippen molar-refractivity contribution in [1.29, 1.82) is 0 Å². The molecule has 2 rings (SSSR count). The van der Waals surface area contributed by atoms with Crippen molar-refractivity contribution in [2.75, 3.05) is 5.32 Å². The number of pyridine rings is 2. The zero-order chi connectivity index (χ0) is 13.1. The van der Waals surface area contributed by atoms with Gasteiger partial charge in [-0.05, 0) is 35.0 Å². The van der Waals surface area contributed by atoms with Gasteiger partial charge in [0.15, 0.2) is 0 Å². The lowest BCUT2D eigenvalue weighted by Gasteiger charge is -2.06. The standard InChI is InChI=1S/C11H9BrN4O2/c1-7-4-9(2-3-13-7)15-11-10(16(17)18)5-8(12)6-14-11/h2-6H,1H3,(H,13,14,15). The monoisotopic (exact) mass is 308 g/mol. The molecule has 0 atom stereocenters. The topological polar surface area (TPSA) is 81.0 Å². The molecule has 0 aliphatic rings. The van der Waals surface area contributed by atoms with E-state index in [1.54, 1.807) is 18.3 Å². The van der Waals surface area contributed by atoms with Crippen molar-refractivity contribution in [3.8, 4) is 0 Å². The Bertz CT molecular complexity index is 603. The van der Waals surface area contributed by atoms with Crippen LogP contribution in [0.4, 0.5) is 17.2 Å². The minimum Gasteiger partial charge on any atom is -0.334 e. The SMILES string of the molecule is Cc1cc(Nc2ncc(Br)cc2[N+](=O)[O-])ccn1. The largest absolute Gasteiger partial charge is 0.334 e. The average Bonchev–Trinajstić information content (AvgIpc) is 2.31. The van der Waals surface area contributed by atoms with Crippen LogP contribution in [0.25, 0.3) is 0 Å². The summed E-state index contributed by atoms with van der Waals surface area (Å²) in [7, 11) is 0. The van der Waals surface area contributed by atoms with E-state index in [0.29, 0.717) is 10.2 Å². The molecule has 0 unspecified atom stereocenters. The molecule has 6 nitrogen and oxygen atoms in total. The molecule has 2 aromatic heterocycles. The van der Waals surface area contributed by atoms with Crippen LogP contribution in [0, 0.1) is 17.0 Å². The molecule has 7 heteroatoms. The summed E-state index contributed by atoms with van der Waals surface area (Å²) in [5.74, 6) is 0.203. The molecule has 0 fully saturated rings. The number of nitrogens with one attached hydrogen (secondary N) is 1. The molecule has 92 valence electrons. The lowest BCUT2D eigenvalue weighted by molar-refractivity contribution is -0.384. The van der Waals surface area contributed by atoms with Crippen molar-refractivity contribution < 1.29 is 4.92 Å². The molecule has 0 aliphatic heterocycles. The van der Waals surface area contributed by atoms with E-state index in [0.717, 1.165) is 5.69 Å². The van der Waals surface area contributed by atoms with Gasteiger partial charge in [-0.15, -0.1) is 0 Å². The van der Waals surface area contributed by atoms with Crippen LogP contribution in [-0.2, 0) is 0 Å². The fraction of sp³-hybridized carbons (Fsp3) is 0.0909. The van der Waals surface area contributed by atoms with Crippen molar-refractivity contribution >= 4 is 33.1 Å². The van der Waals surface area contributed by atoms with Crippen molar-refractivity contribution in [1.82, 2.24) is 9.97 Å². The molecule has 18 heavy (non-hydrogen) atoms. The van der Waals surface area contributed by atoms with E-state index in [1.807, 2.05) is 6.92 Å². The Morgan fingerprint density at radius 2 is 2.17 bits per heavy atom. The highest BCUT2D eigenvalue weighted by Gasteiger charge is 2.15. The minimum absolute atomic E-state index is 0.0844. The lowest BCUT2D eigenvalue weighted by Crippen LogP contribution is -2.00. The van der Waals surface area contributed by atoms with Crippen LogP contribution in [0.15, 0.2) is 35.1 Å². The van der Waals surface area contributed by atoms with E-state index in [9.17, 15) is 10.1 Å². The van der Waals surface area contributed by atoms with Gasteiger partial charge >= 0.3 is 5.69 Å². The normalized spacial score (nSPS) is 10.1. The van der Waals surface area contributed by atoms with Gasteiger partial charge in [0.2, 0.25) is 5.82 Å². The third kappa shape index (κ3) is 2.80. The maximum absolute atomic E-state index is 10.9. The predicted octanol–water partition coefficient (Wildman–Crippen LogP) is 3.20. The zero-order valence-corrected chi connectivity index (χ0v) is 11.0. The number of nitro groups is 1. The number of halogens is 1. The maximum Gasteiger partial charge on any atom is 0.312 e. The summed E-state index contributed by atoms with van der Waals surface area (Å²) in [5, 5.41) is 13.8. The average molecular weight is 309 g/mol. The van der Waals surface area contributed by atoms with Gasteiger partial charge in [0.1, 0.15) is 0 Å². The van der Waals surface area contributed by atoms with Gasteiger partial charge in [0.05, 0.1) is 4.92 Å². The molecule has 0 saturated heterocycles. The summed E-state index contributed by atoms with van der Waals surface area (Å²) in [6.07, 6.45) is 3.13. The third-order valence-electron chi connectivity index (χ3n) is 2.19. The summed E-state index contributed by atoms with van der Waals surface area (Å²) in [6.45, 7) is 1.84. The fourth-order valence-electron chi connectivity index (χ4n) is 1.42. The number of aryl methyl sites for hydroxylation is 1. The quantitative estimate of drug-likeness (QED) is 0.695. The number of rotatable bonds is 3. The summed E-state index contributed by atoms with van der Waals surface area (Å²) in [4.78, 5) is 18.5. The highest BCUT2D eigenvalue weighted by molar-refractivity contribution is 9.10. The van der Waals surface area contributed by atoms with Gasteiger partial charge in [-0.2, -0.15) is 0 Å². The van der Waals surface area contributed by atoms with Gasteiger partial charge in [-0.3, -0.25) is 15.1 Å². The van der Waals surface area contributed by atoms with Crippen molar-refractivity contribution in [2.24, 2.45) is 0 Å². The van der Waals surface area contributed by atoms with Gasteiger partial charge in [0, 0.05) is 34.3 Å². The number of hydrogen-bond acceptors (Lipinski definition) is 5. The van der Waals surface area contributed by atoms with Gasteiger partial charge in [-0.25, -0.2) is 4.98 Å². The molecule has 1 N–H and O–H groups in total. The summed E-state index contributed by atoms with van der Waals surface area (Å²) in [6, 6.07) is 4.91. The van der Waals surface area contributed by atoms with Crippen LogP contribution in [0.1, 0.15) is 5.69 Å². The Morgan fingerprint density at radius 1 is 1.39 bits per heavy atom. The van der Waals surface area contributed by atoms with Crippen LogP contribution in [0.5, 0.6) is 0 Å². The highest BCUT2D eigenvalue weighted by atomic mass is 79.9. The Hall–Kier alpha value is -2.02. The second-order valence-electron chi connectivity index (χ2n) is 3.59. The third-order valence-corrected chi connectivity index (χ3v) is 2.62. The second-order valence-corrected chi connectivity index (χ2v) is 4.50. The summed E-state index contributed by atoms with van der Waals surface area (Å²) in [5.41, 5.74) is 1.44. The van der Waals surface area contributed by atoms with Gasteiger partial charge < -0.3 is 5.32 Å². The van der Waals surface area contributed by atoms with Gasteiger partial charge in [0.25, 0.3) is 0 Å². The lowest BCUT2D eigenvalue weighted by atomic mass is 10.3. The molecule has 0 aliphatic carbocycles. The minimum atomic E-state index is -0.478. The van der Waals surface area contributed by atoms with Crippen LogP contribution < -0.4 is 5.32 Å². The van der Waals surface area contributed by atoms with E-state index < -0.39 is 4.92 Å². The van der Waals surface area contributed by atoms with Gasteiger partial charge in [-0.1, -0.05) is 0 Å². The number of anilines is 2. The molecule has 0 bridgehead atoms. The Balaban J connectivity index is 2.37. The molecule has 0 amide bonds. The highest BCUT2D eigenvalue weighted by Crippen LogP contribution is 2.27.